The molecule has 21 heavy (non-hydrogen) atoms. The number of carboxylic acid groups (broad SMARTS) is 1. The Balaban J connectivity index is 2.17. The van der Waals surface area contributed by atoms with Gasteiger partial charge in [0.1, 0.15) is 0 Å². The molecular formula is C14H27N3O4. The summed E-state index contributed by atoms with van der Waals surface area (Å²) in [5.41, 5.74) is 0. The molecule has 0 heterocycles. The minimum Gasteiger partial charge on any atom is -0.481 e. The molecule has 0 spiro atoms. The van der Waals surface area contributed by atoms with Gasteiger partial charge < -0.3 is 25.4 Å². The predicted octanol–water partition coefficient (Wildman–Crippen LogP) is 0.507. The average molecular weight is 301 g/mol. The molecule has 7 nitrogen and oxygen atoms in total. The highest BCUT2D eigenvalue weighted by atomic mass is 16.5. The van der Waals surface area contributed by atoms with E-state index >= 15 is 0 Å². The number of amides is 2. The molecule has 1 aliphatic rings. The third kappa shape index (κ3) is 7.29. The van der Waals surface area contributed by atoms with Gasteiger partial charge in [0, 0.05) is 32.8 Å². The van der Waals surface area contributed by atoms with Gasteiger partial charge in [-0.2, -0.15) is 0 Å². The first-order valence-corrected chi connectivity index (χ1v) is 7.47. The van der Waals surface area contributed by atoms with Crippen molar-refractivity contribution in [1.29, 1.82) is 0 Å². The lowest BCUT2D eigenvalue weighted by atomic mass is 9.86. The van der Waals surface area contributed by atoms with E-state index in [1.165, 1.54) is 0 Å². The zero-order valence-electron chi connectivity index (χ0n) is 12.9. The van der Waals surface area contributed by atoms with E-state index in [9.17, 15) is 9.59 Å². The Hall–Kier alpha value is -1.34. The lowest BCUT2D eigenvalue weighted by Gasteiger charge is -2.27. The summed E-state index contributed by atoms with van der Waals surface area (Å²) in [6.45, 7) is 2.80. The normalized spacial score (nSPS) is 22.0. The van der Waals surface area contributed by atoms with Crippen LogP contribution in [0, 0.1) is 5.92 Å². The number of nitrogens with zero attached hydrogens (tertiary/aromatic N) is 1. The Morgan fingerprint density at radius 3 is 2.76 bits per heavy atom. The van der Waals surface area contributed by atoms with Crippen molar-refractivity contribution in [3.63, 3.8) is 0 Å². The molecule has 0 aromatic heterocycles. The van der Waals surface area contributed by atoms with E-state index < -0.39 is 5.97 Å². The second kappa shape index (κ2) is 9.57. The van der Waals surface area contributed by atoms with E-state index in [2.05, 4.69) is 15.5 Å². The number of aliphatic carboxylic acids is 1. The van der Waals surface area contributed by atoms with Crippen molar-refractivity contribution < 1.29 is 19.4 Å². The lowest BCUT2D eigenvalue weighted by molar-refractivity contribution is -0.143. The van der Waals surface area contributed by atoms with Crippen molar-refractivity contribution in [2.24, 2.45) is 5.92 Å². The molecule has 1 aliphatic carbocycles. The van der Waals surface area contributed by atoms with Crippen LogP contribution in [0.4, 0.5) is 4.79 Å². The van der Waals surface area contributed by atoms with Gasteiger partial charge >= 0.3 is 12.0 Å². The SMILES string of the molecule is COCCN(C)CCNC(=O)NC1CCCC(C(=O)O)C1. The Bertz CT molecular complexity index is 338. The van der Waals surface area contributed by atoms with Gasteiger partial charge in [-0.05, 0) is 26.3 Å². The number of urea groups is 1. The zero-order chi connectivity index (χ0) is 15.7. The van der Waals surface area contributed by atoms with Gasteiger partial charge in [0.05, 0.1) is 12.5 Å². The maximum atomic E-state index is 11.8. The number of methoxy groups -OCH3 is 1. The third-order valence-electron chi connectivity index (χ3n) is 3.81. The number of ether oxygens (including phenoxy) is 1. The molecule has 1 rings (SSSR count). The van der Waals surface area contributed by atoms with E-state index in [4.69, 9.17) is 9.84 Å². The van der Waals surface area contributed by atoms with E-state index in [-0.39, 0.29) is 18.0 Å². The summed E-state index contributed by atoms with van der Waals surface area (Å²) >= 11 is 0. The van der Waals surface area contributed by atoms with Crippen molar-refractivity contribution >= 4 is 12.0 Å². The summed E-state index contributed by atoms with van der Waals surface area (Å²) in [5, 5.41) is 14.7. The molecule has 2 atom stereocenters. The van der Waals surface area contributed by atoms with E-state index in [1.54, 1.807) is 7.11 Å². The minimum atomic E-state index is -0.762. The molecule has 0 bridgehead atoms. The summed E-state index contributed by atoms with van der Waals surface area (Å²) in [5.74, 6) is -1.09. The molecule has 1 fully saturated rings. The number of carboxylic acids is 1. The highest BCUT2D eigenvalue weighted by Crippen LogP contribution is 2.24. The summed E-state index contributed by atoms with van der Waals surface area (Å²) < 4.78 is 4.98. The minimum absolute atomic E-state index is 0.0360. The van der Waals surface area contributed by atoms with Crippen molar-refractivity contribution in [3.05, 3.63) is 0 Å². The number of rotatable bonds is 8. The predicted molar refractivity (Wildman–Crippen MR) is 79.3 cm³/mol. The van der Waals surface area contributed by atoms with Crippen LogP contribution in [0.25, 0.3) is 0 Å². The highest BCUT2D eigenvalue weighted by molar-refractivity contribution is 5.74. The first-order chi connectivity index (χ1) is 10.0. The van der Waals surface area contributed by atoms with Gasteiger partial charge in [-0.1, -0.05) is 6.42 Å². The molecule has 0 aromatic rings. The zero-order valence-corrected chi connectivity index (χ0v) is 12.9. The number of carbonyl (C=O) groups excluding carboxylic acids is 1. The molecule has 0 radical (unpaired) electrons. The monoisotopic (exact) mass is 301 g/mol. The van der Waals surface area contributed by atoms with E-state index in [1.807, 2.05) is 7.05 Å². The highest BCUT2D eigenvalue weighted by Gasteiger charge is 2.27. The van der Waals surface area contributed by atoms with Gasteiger partial charge in [-0.3, -0.25) is 4.79 Å². The van der Waals surface area contributed by atoms with Crippen molar-refractivity contribution in [1.82, 2.24) is 15.5 Å². The van der Waals surface area contributed by atoms with Crippen LogP contribution in [0.3, 0.4) is 0 Å². The molecule has 0 aliphatic heterocycles. The molecule has 0 saturated heterocycles. The molecular weight excluding hydrogens is 274 g/mol. The molecule has 7 heteroatoms. The first-order valence-electron chi connectivity index (χ1n) is 7.47. The lowest BCUT2D eigenvalue weighted by Crippen LogP contribution is -2.46. The van der Waals surface area contributed by atoms with Gasteiger partial charge in [-0.25, -0.2) is 4.79 Å². The number of hydrogen-bond acceptors (Lipinski definition) is 4. The van der Waals surface area contributed by atoms with Crippen molar-refractivity contribution in [2.75, 3.05) is 40.4 Å². The smallest absolute Gasteiger partial charge is 0.315 e. The van der Waals surface area contributed by atoms with Crippen LogP contribution >= 0.6 is 0 Å². The number of likely N-dealkylation sites (N-methyl/N-ethyl adjacent to an activating group) is 1. The van der Waals surface area contributed by atoms with Crippen LogP contribution in [0.1, 0.15) is 25.7 Å². The van der Waals surface area contributed by atoms with Crippen LogP contribution in [-0.2, 0) is 9.53 Å². The van der Waals surface area contributed by atoms with Crippen LogP contribution < -0.4 is 10.6 Å². The topological polar surface area (TPSA) is 90.9 Å². The molecule has 122 valence electrons. The summed E-state index contributed by atoms with van der Waals surface area (Å²) in [4.78, 5) is 24.8. The largest absolute Gasteiger partial charge is 0.481 e. The standard InChI is InChI=1S/C14H27N3O4/c1-17(8-9-21-2)7-6-15-14(20)16-12-5-3-4-11(10-12)13(18)19/h11-12H,3-10H2,1-2H3,(H,18,19)(H2,15,16,20). The van der Waals surface area contributed by atoms with E-state index in [0.717, 1.165) is 25.9 Å². The Morgan fingerprint density at radius 1 is 1.33 bits per heavy atom. The van der Waals surface area contributed by atoms with Crippen LogP contribution in [0.15, 0.2) is 0 Å². The molecule has 1 saturated carbocycles. The number of nitrogens with one attached hydrogen (secondary N) is 2. The first kappa shape index (κ1) is 17.7. The van der Waals surface area contributed by atoms with Crippen molar-refractivity contribution in [3.8, 4) is 0 Å². The third-order valence-corrected chi connectivity index (χ3v) is 3.81. The fourth-order valence-corrected chi connectivity index (χ4v) is 2.50. The van der Waals surface area contributed by atoms with Crippen molar-refractivity contribution in [2.45, 2.75) is 31.7 Å². The quantitative estimate of drug-likeness (QED) is 0.607. The summed E-state index contributed by atoms with van der Waals surface area (Å²) in [6, 6.07) is -0.253. The van der Waals surface area contributed by atoms with Crippen LogP contribution in [-0.4, -0.2) is 68.4 Å². The summed E-state index contributed by atoms with van der Waals surface area (Å²) in [7, 11) is 3.63. The van der Waals surface area contributed by atoms with Crippen LogP contribution in [0.5, 0.6) is 0 Å². The molecule has 0 aromatic carbocycles. The maximum absolute atomic E-state index is 11.8. The van der Waals surface area contributed by atoms with Gasteiger partial charge in [0.2, 0.25) is 0 Å². The Labute approximate surface area is 126 Å². The van der Waals surface area contributed by atoms with Gasteiger partial charge in [-0.15, -0.1) is 0 Å². The second-order valence-electron chi connectivity index (χ2n) is 5.60. The molecule has 2 amide bonds. The van der Waals surface area contributed by atoms with Gasteiger partial charge in [0.25, 0.3) is 0 Å². The Morgan fingerprint density at radius 2 is 2.10 bits per heavy atom. The number of carbonyl (C=O) groups is 2. The fourth-order valence-electron chi connectivity index (χ4n) is 2.50. The second-order valence-corrected chi connectivity index (χ2v) is 5.60. The maximum Gasteiger partial charge on any atom is 0.315 e. The fraction of sp³-hybridized carbons (Fsp3) is 0.857. The van der Waals surface area contributed by atoms with Crippen LogP contribution in [0.2, 0.25) is 0 Å². The van der Waals surface area contributed by atoms with Gasteiger partial charge in [0.15, 0.2) is 0 Å². The molecule has 3 N–H and O–H groups in total. The Kier molecular flexibility index (Phi) is 8.07. The number of hydrogen-bond donors (Lipinski definition) is 3. The summed E-state index contributed by atoms with van der Waals surface area (Å²) in [6.07, 6.45) is 2.93. The van der Waals surface area contributed by atoms with E-state index in [0.29, 0.717) is 26.0 Å². The molecule has 2 unspecified atom stereocenters. The average Bonchev–Trinajstić information content (AvgIpc) is 2.45.